The Hall–Kier alpha value is -0.640. The summed E-state index contributed by atoms with van der Waals surface area (Å²) in [4.78, 5) is 0. The minimum Gasteiger partial charge on any atom is -0.361 e. The van der Waals surface area contributed by atoms with Gasteiger partial charge in [-0.3, -0.25) is 5.43 Å². The van der Waals surface area contributed by atoms with E-state index in [4.69, 9.17) is 12.2 Å². The Morgan fingerprint density at radius 3 is 2.83 bits per heavy atom. The first kappa shape index (κ1) is 15.4. The Morgan fingerprint density at radius 2 is 2.22 bits per heavy atom. The van der Waals surface area contributed by atoms with Crippen LogP contribution in [0.1, 0.15) is 59.8 Å². The molecule has 3 nitrogen and oxygen atoms in total. The molecule has 1 saturated carbocycles. The summed E-state index contributed by atoms with van der Waals surface area (Å²) in [5.74, 6) is 0.718. The van der Waals surface area contributed by atoms with Crippen LogP contribution in [-0.4, -0.2) is 17.4 Å². The molecule has 0 heterocycles. The summed E-state index contributed by atoms with van der Waals surface area (Å²) >= 11 is 5.19. The molecule has 1 aliphatic rings. The maximum absolute atomic E-state index is 5.19. The number of nitrogens with one attached hydrogen (secondary N) is 2. The van der Waals surface area contributed by atoms with Crippen molar-refractivity contribution < 1.29 is 0 Å². The van der Waals surface area contributed by atoms with Crippen LogP contribution in [0.5, 0.6) is 0 Å². The molecule has 0 spiro atoms. The first-order valence-corrected chi connectivity index (χ1v) is 7.43. The van der Waals surface area contributed by atoms with Crippen molar-refractivity contribution in [2.45, 2.75) is 59.8 Å². The van der Waals surface area contributed by atoms with Crippen LogP contribution in [0.2, 0.25) is 0 Å². The second-order valence-electron chi connectivity index (χ2n) is 6.25. The molecule has 0 unspecified atom stereocenters. The van der Waals surface area contributed by atoms with Gasteiger partial charge in [-0.05, 0) is 49.2 Å². The molecular formula is C14H27N3S. The topological polar surface area (TPSA) is 36.4 Å². The van der Waals surface area contributed by atoms with E-state index in [9.17, 15) is 0 Å². The van der Waals surface area contributed by atoms with Gasteiger partial charge < -0.3 is 5.32 Å². The highest BCUT2D eigenvalue weighted by molar-refractivity contribution is 7.80. The average molecular weight is 269 g/mol. The van der Waals surface area contributed by atoms with Crippen LogP contribution in [0.4, 0.5) is 0 Å². The zero-order valence-electron chi connectivity index (χ0n) is 12.2. The molecule has 0 radical (unpaired) electrons. The van der Waals surface area contributed by atoms with Crippen molar-refractivity contribution in [2.75, 3.05) is 6.54 Å². The Bertz CT molecular complexity index is 310. The van der Waals surface area contributed by atoms with E-state index < -0.39 is 0 Å². The molecule has 0 aromatic heterocycles. The molecule has 0 aromatic rings. The van der Waals surface area contributed by atoms with Crippen molar-refractivity contribution in [3.8, 4) is 0 Å². The van der Waals surface area contributed by atoms with Gasteiger partial charge >= 0.3 is 0 Å². The zero-order valence-corrected chi connectivity index (χ0v) is 13.0. The van der Waals surface area contributed by atoms with E-state index in [-0.39, 0.29) is 0 Å². The van der Waals surface area contributed by atoms with Gasteiger partial charge in [0.25, 0.3) is 0 Å². The molecule has 1 aliphatic carbocycles. The first-order chi connectivity index (χ1) is 8.43. The van der Waals surface area contributed by atoms with Gasteiger partial charge in [0.2, 0.25) is 0 Å². The summed E-state index contributed by atoms with van der Waals surface area (Å²) in [7, 11) is 0. The first-order valence-electron chi connectivity index (χ1n) is 7.02. The van der Waals surface area contributed by atoms with Gasteiger partial charge in [0.05, 0.1) is 0 Å². The maximum Gasteiger partial charge on any atom is 0.186 e. The number of thiocarbonyl (C=S) groups is 1. The molecule has 2 N–H and O–H groups in total. The monoisotopic (exact) mass is 269 g/mol. The fraction of sp³-hybridized carbons (Fsp3) is 0.857. The van der Waals surface area contributed by atoms with Crippen LogP contribution >= 0.6 is 12.2 Å². The minimum atomic E-state index is 0.370. The summed E-state index contributed by atoms with van der Waals surface area (Å²) in [6, 6.07) is 0. The second kappa shape index (κ2) is 7.07. The Morgan fingerprint density at radius 1 is 1.50 bits per heavy atom. The smallest absolute Gasteiger partial charge is 0.186 e. The van der Waals surface area contributed by atoms with Gasteiger partial charge in [0.15, 0.2) is 5.11 Å². The molecular weight excluding hydrogens is 242 g/mol. The minimum absolute atomic E-state index is 0.370. The van der Waals surface area contributed by atoms with Gasteiger partial charge in [-0.15, -0.1) is 0 Å². The van der Waals surface area contributed by atoms with E-state index in [0.717, 1.165) is 31.7 Å². The lowest BCUT2D eigenvalue weighted by Gasteiger charge is -2.34. The average Bonchev–Trinajstić information content (AvgIpc) is 2.24. The van der Waals surface area contributed by atoms with Crippen molar-refractivity contribution in [1.82, 2.24) is 10.7 Å². The summed E-state index contributed by atoms with van der Waals surface area (Å²) in [5, 5.41) is 8.28. The Labute approximate surface area is 117 Å². The quantitative estimate of drug-likeness (QED) is 0.466. The van der Waals surface area contributed by atoms with Crippen molar-refractivity contribution in [1.29, 1.82) is 0 Å². The van der Waals surface area contributed by atoms with E-state index in [2.05, 4.69) is 43.5 Å². The van der Waals surface area contributed by atoms with Crippen molar-refractivity contribution in [3.63, 3.8) is 0 Å². The van der Waals surface area contributed by atoms with Gasteiger partial charge in [-0.25, -0.2) is 0 Å². The molecule has 0 amide bonds. The largest absolute Gasteiger partial charge is 0.361 e. The summed E-state index contributed by atoms with van der Waals surface area (Å²) < 4.78 is 0. The lowest BCUT2D eigenvalue weighted by molar-refractivity contribution is 0.265. The highest BCUT2D eigenvalue weighted by atomic mass is 32.1. The standard InChI is InChI=1S/C14H27N3S/c1-5-6-7-15-13(18)17-16-12-8-11(2)9-14(3,4)10-12/h11H,5-10H2,1-4H3,(H2,15,17,18)/b16-12-/t11-/m0/s1. The molecule has 18 heavy (non-hydrogen) atoms. The molecule has 0 aromatic carbocycles. The van der Waals surface area contributed by atoms with Gasteiger partial charge in [0.1, 0.15) is 0 Å². The van der Waals surface area contributed by atoms with Gasteiger partial charge in [-0.1, -0.05) is 34.1 Å². The number of hydrogen-bond acceptors (Lipinski definition) is 2. The molecule has 0 saturated heterocycles. The lowest BCUT2D eigenvalue weighted by atomic mass is 9.72. The summed E-state index contributed by atoms with van der Waals surface area (Å²) in [6.45, 7) is 10.0. The third-order valence-corrected chi connectivity index (χ3v) is 3.53. The van der Waals surface area contributed by atoms with Crippen LogP contribution in [-0.2, 0) is 0 Å². The Kier molecular flexibility index (Phi) is 6.06. The summed E-state index contributed by atoms with van der Waals surface area (Å²) in [5.41, 5.74) is 4.60. The number of hydrazone groups is 1. The maximum atomic E-state index is 5.19. The van der Waals surface area contributed by atoms with Gasteiger partial charge in [-0.2, -0.15) is 5.10 Å². The molecule has 1 atom stereocenters. The van der Waals surface area contributed by atoms with Crippen LogP contribution in [0.25, 0.3) is 0 Å². The second-order valence-corrected chi connectivity index (χ2v) is 6.66. The molecule has 1 fully saturated rings. The Balaban J connectivity index is 2.39. The predicted molar refractivity (Wildman–Crippen MR) is 82.9 cm³/mol. The normalized spacial score (nSPS) is 24.9. The highest BCUT2D eigenvalue weighted by Gasteiger charge is 2.29. The third kappa shape index (κ3) is 5.80. The van der Waals surface area contributed by atoms with Crippen LogP contribution < -0.4 is 10.7 Å². The van der Waals surface area contributed by atoms with Gasteiger partial charge in [0, 0.05) is 12.3 Å². The van der Waals surface area contributed by atoms with Crippen LogP contribution in [0.3, 0.4) is 0 Å². The number of nitrogens with zero attached hydrogens (tertiary/aromatic N) is 1. The highest BCUT2D eigenvalue weighted by Crippen LogP contribution is 2.36. The zero-order chi connectivity index (χ0) is 13.6. The SMILES string of the molecule is CCCCNC(=S)N/N=C1/C[C@H](C)CC(C)(C)C1. The number of unbranched alkanes of at least 4 members (excludes halogenated alkanes) is 1. The van der Waals surface area contributed by atoms with E-state index in [1.807, 2.05) is 0 Å². The molecule has 0 aliphatic heterocycles. The van der Waals surface area contributed by atoms with Crippen LogP contribution in [0, 0.1) is 11.3 Å². The number of hydrogen-bond donors (Lipinski definition) is 2. The predicted octanol–water partition coefficient (Wildman–Crippen LogP) is 3.45. The van der Waals surface area contributed by atoms with Crippen molar-refractivity contribution in [3.05, 3.63) is 0 Å². The van der Waals surface area contributed by atoms with E-state index in [1.54, 1.807) is 0 Å². The fourth-order valence-corrected chi connectivity index (χ4v) is 2.90. The van der Waals surface area contributed by atoms with E-state index in [0.29, 0.717) is 10.5 Å². The van der Waals surface area contributed by atoms with Crippen molar-refractivity contribution in [2.24, 2.45) is 16.4 Å². The number of rotatable bonds is 4. The van der Waals surface area contributed by atoms with Crippen molar-refractivity contribution >= 4 is 23.0 Å². The van der Waals surface area contributed by atoms with Crippen LogP contribution in [0.15, 0.2) is 5.10 Å². The molecule has 0 bridgehead atoms. The molecule has 4 heteroatoms. The fourth-order valence-electron chi connectivity index (χ4n) is 2.75. The van der Waals surface area contributed by atoms with E-state index >= 15 is 0 Å². The third-order valence-electron chi connectivity index (χ3n) is 3.30. The molecule has 1 rings (SSSR count). The molecule has 104 valence electrons. The van der Waals surface area contributed by atoms with E-state index in [1.165, 1.54) is 18.6 Å². The lowest BCUT2D eigenvalue weighted by Crippen LogP contribution is -2.35. The summed E-state index contributed by atoms with van der Waals surface area (Å²) in [6.07, 6.45) is 5.76.